The highest BCUT2D eigenvalue weighted by Crippen LogP contribution is 2.31. The molecule has 5 rings (SSSR count). The number of para-hydroxylation sites is 1. The van der Waals surface area contributed by atoms with Gasteiger partial charge in [0.25, 0.3) is 5.56 Å². The maximum absolute atomic E-state index is 13.8. The van der Waals surface area contributed by atoms with Crippen molar-refractivity contribution in [3.05, 3.63) is 64.2 Å². The molecule has 1 atom stereocenters. The van der Waals surface area contributed by atoms with Crippen LogP contribution in [0.25, 0.3) is 10.9 Å². The van der Waals surface area contributed by atoms with Crippen molar-refractivity contribution in [3.63, 3.8) is 0 Å². The van der Waals surface area contributed by atoms with Gasteiger partial charge >= 0.3 is 0 Å². The molecule has 0 bridgehead atoms. The van der Waals surface area contributed by atoms with Gasteiger partial charge in [-0.15, -0.1) is 0 Å². The number of carbonyl (C=O) groups is 1. The molecule has 2 aliphatic heterocycles. The van der Waals surface area contributed by atoms with E-state index >= 15 is 0 Å². The lowest BCUT2D eigenvalue weighted by Crippen LogP contribution is -2.38. The molecule has 0 radical (unpaired) electrons. The second-order valence-electron chi connectivity index (χ2n) is 9.03. The molecule has 1 fully saturated rings. The molecule has 9 nitrogen and oxygen atoms in total. The van der Waals surface area contributed by atoms with Gasteiger partial charge in [0, 0.05) is 32.3 Å². The van der Waals surface area contributed by atoms with E-state index in [4.69, 9.17) is 4.74 Å². The molecule has 1 saturated heterocycles. The highest BCUT2D eigenvalue weighted by molar-refractivity contribution is 7.89. The Morgan fingerprint density at radius 3 is 2.83 bits per heavy atom. The number of hydrogen-bond acceptors (Lipinski definition) is 6. The Morgan fingerprint density at radius 2 is 2.06 bits per heavy atom. The van der Waals surface area contributed by atoms with Crippen molar-refractivity contribution in [2.75, 3.05) is 24.6 Å². The maximum atomic E-state index is 13.8. The molecule has 0 saturated carbocycles. The normalized spacial score (nSPS) is 18.2. The summed E-state index contributed by atoms with van der Waals surface area (Å²) in [6.45, 7) is 2.82. The van der Waals surface area contributed by atoms with E-state index in [-0.39, 0.29) is 41.4 Å². The third kappa shape index (κ3) is 4.73. The molecule has 35 heavy (non-hydrogen) atoms. The first-order valence-electron chi connectivity index (χ1n) is 11.8. The van der Waals surface area contributed by atoms with Crippen LogP contribution in [0.4, 0.5) is 5.69 Å². The lowest BCUT2D eigenvalue weighted by molar-refractivity contribution is -0.116. The zero-order valence-electron chi connectivity index (χ0n) is 19.6. The number of nitrogens with one attached hydrogen (secondary N) is 1. The Hall–Kier alpha value is -3.08. The Balaban J connectivity index is 1.51. The molecule has 10 heteroatoms. The fourth-order valence-electron chi connectivity index (χ4n) is 4.85. The number of aromatic amines is 1. The molecule has 1 unspecified atom stereocenters. The molecule has 184 valence electrons. The number of benzene rings is 2. The molecule has 1 N–H and O–H groups in total. The Kier molecular flexibility index (Phi) is 6.43. The van der Waals surface area contributed by atoms with Gasteiger partial charge in [-0.2, -0.15) is 4.31 Å². The van der Waals surface area contributed by atoms with Crippen LogP contribution in [0.2, 0.25) is 0 Å². The smallest absolute Gasteiger partial charge is 0.258 e. The van der Waals surface area contributed by atoms with Crippen LogP contribution in [0.1, 0.15) is 37.6 Å². The number of aryl methyl sites for hydroxylation is 1. The first-order valence-corrected chi connectivity index (χ1v) is 13.3. The SMILES string of the molecule is CC(=O)N1CCCc2cc(S(=O)(=O)N(Cc3nc4ccccc4c(=O)[nH]3)CC3CCCO3)ccc21. The van der Waals surface area contributed by atoms with Gasteiger partial charge in [0.05, 0.1) is 28.4 Å². The number of nitrogens with zero attached hydrogens (tertiary/aromatic N) is 3. The number of anilines is 1. The molecular weight excluding hydrogens is 468 g/mol. The van der Waals surface area contributed by atoms with E-state index in [0.717, 1.165) is 30.5 Å². The van der Waals surface area contributed by atoms with Crippen LogP contribution < -0.4 is 10.5 Å². The van der Waals surface area contributed by atoms with Gasteiger partial charge in [0.15, 0.2) is 0 Å². The Morgan fingerprint density at radius 1 is 1.23 bits per heavy atom. The van der Waals surface area contributed by atoms with Crippen LogP contribution in [0, 0.1) is 0 Å². The summed E-state index contributed by atoms with van der Waals surface area (Å²) in [5.41, 5.74) is 1.80. The molecular formula is C25H28N4O5S. The topological polar surface area (TPSA) is 113 Å². The van der Waals surface area contributed by atoms with Gasteiger partial charge in [0.2, 0.25) is 15.9 Å². The molecule has 1 aromatic heterocycles. The molecule has 3 aromatic rings. The van der Waals surface area contributed by atoms with E-state index in [1.807, 2.05) is 0 Å². The van der Waals surface area contributed by atoms with Crippen molar-refractivity contribution in [3.8, 4) is 0 Å². The quantitative estimate of drug-likeness (QED) is 0.561. The van der Waals surface area contributed by atoms with Gasteiger partial charge < -0.3 is 14.6 Å². The summed E-state index contributed by atoms with van der Waals surface area (Å²) in [5.74, 6) is 0.212. The molecule has 3 heterocycles. The van der Waals surface area contributed by atoms with Crippen LogP contribution in [0.5, 0.6) is 0 Å². The second-order valence-corrected chi connectivity index (χ2v) is 11.0. The monoisotopic (exact) mass is 496 g/mol. The van der Waals surface area contributed by atoms with Crippen molar-refractivity contribution in [1.82, 2.24) is 14.3 Å². The third-order valence-corrected chi connectivity index (χ3v) is 8.41. The predicted molar refractivity (Wildman–Crippen MR) is 132 cm³/mol. The van der Waals surface area contributed by atoms with E-state index in [2.05, 4.69) is 9.97 Å². The molecule has 0 aliphatic carbocycles. The van der Waals surface area contributed by atoms with Gasteiger partial charge in [-0.25, -0.2) is 13.4 Å². The van der Waals surface area contributed by atoms with Gasteiger partial charge in [-0.3, -0.25) is 9.59 Å². The number of sulfonamides is 1. The highest BCUT2D eigenvalue weighted by Gasteiger charge is 2.31. The van der Waals surface area contributed by atoms with E-state index in [1.54, 1.807) is 47.4 Å². The predicted octanol–water partition coefficient (Wildman–Crippen LogP) is 2.59. The van der Waals surface area contributed by atoms with E-state index in [1.165, 1.54) is 11.2 Å². The zero-order valence-corrected chi connectivity index (χ0v) is 20.4. The number of hydrogen-bond donors (Lipinski definition) is 1. The van der Waals surface area contributed by atoms with Crippen molar-refractivity contribution in [2.24, 2.45) is 0 Å². The van der Waals surface area contributed by atoms with Gasteiger partial charge in [-0.05, 0) is 61.6 Å². The fourth-order valence-corrected chi connectivity index (χ4v) is 6.33. The third-order valence-electron chi connectivity index (χ3n) is 6.61. The highest BCUT2D eigenvalue weighted by atomic mass is 32.2. The number of rotatable bonds is 6. The number of aromatic nitrogens is 2. The fraction of sp³-hybridized carbons (Fsp3) is 0.400. The summed E-state index contributed by atoms with van der Waals surface area (Å²) in [6.07, 6.45) is 2.91. The minimum absolute atomic E-state index is 0.0621. The minimum Gasteiger partial charge on any atom is -0.377 e. The first kappa shape index (κ1) is 23.7. The number of amides is 1. The summed E-state index contributed by atoms with van der Waals surface area (Å²) in [6, 6.07) is 11.9. The average Bonchev–Trinajstić information content (AvgIpc) is 3.36. The minimum atomic E-state index is -3.94. The second kappa shape index (κ2) is 9.52. The molecule has 1 amide bonds. The largest absolute Gasteiger partial charge is 0.377 e. The van der Waals surface area contributed by atoms with Crippen LogP contribution in [-0.2, 0) is 32.5 Å². The zero-order chi connectivity index (χ0) is 24.6. The number of carbonyl (C=O) groups excluding carboxylic acids is 1. The van der Waals surface area contributed by atoms with Crippen molar-refractivity contribution in [2.45, 2.75) is 50.2 Å². The van der Waals surface area contributed by atoms with E-state index in [9.17, 15) is 18.0 Å². The van der Waals surface area contributed by atoms with Crippen molar-refractivity contribution < 1.29 is 17.9 Å². The van der Waals surface area contributed by atoms with Gasteiger partial charge in [0.1, 0.15) is 5.82 Å². The Labute approximate surface area is 203 Å². The summed E-state index contributed by atoms with van der Waals surface area (Å²) >= 11 is 0. The molecule has 2 aromatic carbocycles. The summed E-state index contributed by atoms with van der Waals surface area (Å²) in [4.78, 5) is 33.7. The molecule has 2 aliphatic rings. The van der Waals surface area contributed by atoms with Gasteiger partial charge in [-0.1, -0.05) is 12.1 Å². The van der Waals surface area contributed by atoms with E-state index in [0.29, 0.717) is 30.5 Å². The van der Waals surface area contributed by atoms with Crippen LogP contribution in [-0.4, -0.2) is 54.4 Å². The number of ether oxygens (including phenoxy) is 1. The van der Waals surface area contributed by atoms with Crippen molar-refractivity contribution >= 4 is 32.5 Å². The number of H-pyrrole nitrogens is 1. The van der Waals surface area contributed by atoms with Crippen LogP contribution >= 0.6 is 0 Å². The number of fused-ring (bicyclic) bond motifs is 2. The summed E-state index contributed by atoms with van der Waals surface area (Å²) in [5, 5.41) is 0.453. The van der Waals surface area contributed by atoms with Crippen LogP contribution in [0.3, 0.4) is 0 Å². The molecule has 0 spiro atoms. The first-order chi connectivity index (χ1) is 16.8. The standard InChI is InChI=1S/C25H28N4O5S/c1-17(30)29-12-4-6-18-14-20(10-11-23(18)29)35(32,33)28(15-19-7-5-13-34-19)16-24-26-22-9-3-2-8-21(22)25(31)27-24/h2-3,8-11,14,19H,4-7,12-13,15-16H2,1H3,(H,26,27,31). The maximum Gasteiger partial charge on any atom is 0.258 e. The van der Waals surface area contributed by atoms with E-state index < -0.39 is 10.0 Å². The average molecular weight is 497 g/mol. The lowest BCUT2D eigenvalue weighted by atomic mass is 10.0. The van der Waals surface area contributed by atoms with Crippen molar-refractivity contribution in [1.29, 1.82) is 0 Å². The summed E-state index contributed by atoms with van der Waals surface area (Å²) in [7, 11) is -3.94. The lowest BCUT2D eigenvalue weighted by Gasteiger charge is -2.30. The summed E-state index contributed by atoms with van der Waals surface area (Å²) < 4.78 is 34.8. The Bertz CT molecular complexity index is 1430. The van der Waals surface area contributed by atoms with Crippen LogP contribution in [0.15, 0.2) is 52.2 Å².